The first-order chi connectivity index (χ1) is 12.9. The molecule has 27 heavy (non-hydrogen) atoms. The normalized spacial score (nSPS) is 11.1. The number of aromatic nitrogens is 1. The molecule has 0 unspecified atom stereocenters. The van der Waals surface area contributed by atoms with Crippen LogP contribution in [-0.4, -0.2) is 23.9 Å². The van der Waals surface area contributed by atoms with Gasteiger partial charge < -0.3 is 9.30 Å². The molecule has 0 fully saturated rings. The fraction of sp³-hybridized carbons (Fsp3) is 0.217. The van der Waals surface area contributed by atoms with Crippen LogP contribution >= 0.6 is 0 Å². The van der Waals surface area contributed by atoms with Gasteiger partial charge in [0.15, 0.2) is 0 Å². The molecule has 0 radical (unpaired) electrons. The Morgan fingerprint density at radius 1 is 0.963 bits per heavy atom. The van der Waals surface area contributed by atoms with Crippen LogP contribution in [0.1, 0.15) is 38.4 Å². The van der Waals surface area contributed by atoms with Gasteiger partial charge in [-0.15, -0.1) is 0 Å². The highest BCUT2D eigenvalue weighted by atomic mass is 16.5. The molecule has 0 aliphatic rings. The summed E-state index contributed by atoms with van der Waals surface area (Å²) in [6.45, 7) is 8.44. The van der Waals surface area contributed by atoms with E-state index in [0.717, 1.165) is 16.9 Å². The van der Waals surface area contributed by atoms with Gasteiger partial charge in [-0.25, -0.2) is 4.79 Å². The minimum Gasteiger partial charge on any atom is -0.465 e. The van der Waals surface area contributed by atoms with Gasteiger partial charge in [-0.2, -0.15) is 0 Å². The van der Waals surface area contributed by atoms with Crippen molar-refractivity contribution in [3.63, 3.8) is 0 Å². The number of carbonyl (C=O) groups is 1. The second-order valence-electron chi connectivity index (χ2n) is 6.80. The van der Waals surface area contributed by atoms with Gasteiger partial charge in [-0.1, -0.05) is 6.07 Å². The highest BCUT2D eigenvalue weighted by Crippen LogP contribution is 2.22. The number of nitrogens with zero attached hydrogens (tertiary/aromatic N) is 2. The summed E-state index contributed by atoms with van der Waals surface area (Å²) >= 11 is 0. The molecule has 0 bridgehead atoms. The van der Waals surface area contributed by atoms with Crippen LogP contribution < -0.4 is 0 Å². The lowest BCUT2D eigenvalue weighted by molar-refractivity contribution is 0.0601. The smallest absolute Gasteiger partial charge is 0.337 e. The van der Waals surface area contributed by atoms with Gasteiger partial charge >= 0.3 is 5.97 Å². The van der Waals surface area contributed by atoms with Crippen LogP contribution in [-0.2, 0) is 4.74 Å². The molecule has 0 amide bonds. The Balaban J connectivity index is 1.90. The molecule has 0 N–H and O–H groups in total. The van der Waals surface area contributed by atoms with Crippen molar-refractivity contribution >= 4 is 17.9 Å². The standard InChI is InChI=1S/C23H24N2O2/c1-15-10-16(2)12-22(11-15)25-17(3)13-20(18(25)4)14-24-21-8-6-19(7-9-21)23(26)27-5/h6-14H,1-5H3. The molecular weight excluding hydrogens is 336 g/mol. The monoisotopic (exact) mass is 360 g/mol. The van der Waals surface area contributed by atoms with Crippen molar-refractivity contribution in [2.45, 2.75) is 27.7 Å². The van der Waals surface area contributed by atoms with Crippen molar-refractivity contribution in [1.82, 2.24) is 4.57 Å². The summed E-state index contributed by atoms with van der Waals surface area (Å²) in [6, 6.07) is 15.8. The highest BCUT2D eigenvalue weighted by molar-refractivity contribution is 5.90. The third-order valence-electron chi connectivity index (χ3n) is 4.58. The predicted octanol–water partition coefficient (Wildman–Crippen LogP) is 5.25. The van der Waals surface area contributed by atoms with E-state index in [4.69, 9.17) is 4.74 Å². The molecule has 1 aromatic heterocycles. The number of carbonyl (C=O) groups excluding carboxylic acids is 1. The second-order valence-corrected chi connectivity index (χ2v) is 6.80. The summed E-state index contributed by atoms with van der Waals surface area (Å²) in [6.07, 6.45) is 1.87. The number of ether oxygens (including phenoxy) is 1. The topological polar surface area (TPSA) is 43.6 Å². The zero-order valence-corrected chi connectivity index (χ0v) is 16.4. The summed E-state index contributed by atoms with van der Waals surface area (Å²) in [5.41, 5.74) is 8.36. The van der Waals surface area contributed by atoms with Crippen molar-refractivity contribution < 1.29 is 9.53 Å². The Morgan fingerprint density at radius 2 is 1.59 bits per heavy atom. The largest absolute Gasteiger partial charge is 0.465 e. The second kappa shape index (κ2) is 7.62. The molecule has 138 valence electrons. The minimum absolute atomic E-state index is 0.345. The molecule has 0 atom stereocenters. The van der Waals surface area contributed by atoms with Crippen molar-refractivity contribution in [1.29, 1.82) is 0 Å². The van der Waals surface area contributed by atoms with E-state index in [1.54, 1.807) is 12.1 Å². The molecule has 0 spiro atoms. The van der Waals surface area contributed by atoms with Gasteiger partial charge in [-0.3, -0.25) is 4.99 Å². The third kappa shape index (κ3) is 4.00. The molecule has 0 saturated heterocycles. The van der Waals surface area contributed by atoms with Crippen LogP contribution in [0.3, 0.4) is 0 Å². The fourth-order valence-electron chi connectivity index (χ4n) is 3.34. The molecular formula is C23H24N2O2. The van der Waals surface area contributed by atoms with Crippen LogP contribution in [0.2, 0.25) is 0 Å². The van der Waals surface area contributed by atoms with E-state index >= 15 is 0 Å². The first kappa shape index (κ1) is 18.6. The van der Waals surface area contributed by atoms with Crippen LogP contribution in [0, 0.1) is 27.7 Å². The number of hydrogen-bond donors (Lipinski definition) is 0. The van der Waals surface area contributed by atoms with Crippen LogP contribution in [0.15, 0.2) is 53.5 Å². The SMILES string of the molecule is COC(=O)c1ccc(N=Cc2cc(C)n(-c3cc(C)cc(C)c3)c2C)cc1. The molecule has 1 heterocycles. The molecule has 4 nitrogen and oxygen atoms in total. The van der Waals surface area contributed by atoms with Gasteiger partial charge in [0.2, 0.25) is 0 Å². The predicted molar refractivity (Wildman–Crippen MR) is 110 cm³/mol. The van der Waals surface area contributed by atoms with E-state index in [0.29, 0.717) is 5.56 Å². The summed E-state index contributed by atoms with van der Waals surface area (Å²) in [7, 11) is 1.37. The van der Waals surface area contributed by atoms with E-state index in [1.165, 1.54) is 29.6 Å². The molecule has 0 saturated carbocycles. The zero-order valence-electron chi connectivity index (χ0n) is 16.4. The van der Waals surface area contributed by atoms with Crippen LogP contribution in [0.25, 0.3) is 5.69 Å². The Kier molecular flexibility index (Phi) is 5.26. The molecule has 0 aliphatic carbocycles. The van der Waals surface area contributed by atoms with E-state index < -0.39 is 0 Å². The fourth-order valence-corrected chi connectivity index (χ4v) is 3.34. The lowest BCUT2D eigenvalue weighted by Crippen LogP contribution is -2.00. The van der Waals surface area contributed by atoms with E-state index in [9.17, 15) is 4.79 Å². The van der Waals surface area contributed by atoms with Gasteiger partial charge in [0.05, 0.1) is 18.4 Å². The zero-order chi connectivity index (χ0) is 19.6. The molecule has 4 heteroatoms. The van der Waals surface area contributed by atoms with Crippen LogP contribution in [0.5, 0.6) is 0 Å². The number of aryl methyl sites for hydroxylation is 3. The number of methoxy groups -OCH3 is 1. The summed E-state index contributed by atoms with van der Waals surface area (Å²) < 4.78 is 6.97. The highest BCUT2D eigenvalue weighted by Gasteiger charge is 2.10. The molecule has 2 aromatic carbocycles. The Morgan fingerprint density at radius 3 is 2.19 bits per heavy atom. The third-order valence-corrected chi connectivity index (χ3v) is 4.58. The maximum absolute atomic E-state index is 11.5. The first-order valence-electron chi connectivity index (χ1n) is 8.89. The van der Waals surface area contributed by atoms with E-state index in [2.05, 4.69) is 61.5 Å². The van der Waals surface area contributed by atoms with Crippen molar-refractivity contribution in [2.75, 3.05) is 7.11 Å². The maximum atomic E-state index is 11.5. The van der Waals surface area contributed by atoms with E-state index in [1.807, 2.05) is 18.3 Å². The van der Waals surface area contributed by atoms with Gasteiger partial charge in [0.1, 0.15) is 0 Å². The van der Waals surface area contributed by atoms with Crippen molar-refractivity contribution in [3.8, 4) is 5.69 Å². The average Bonchev–Trinajstić information content (AvgIpc) is 2.92. The maximum Gasteiger partial charge on any atom is 0.337 e. The van der Waals surface area contributed by atoms with Crippen molar-refractivity contribution in [3.05, 3.63) is 82.2 Å². The lowest BCUT2D eigenvalue weighted by Gasteiger charge is -2.11. The molecule has 3 rings (SSSR count). The summed E-state index contributed by atoms with van der Waals surface area (Å²) in [5, 5.41) is 0. The number of rotatable bonds is 4. The van der Waals surface area contributed by atoms with E-state index in [-0.39, 0.29) is 5.97 Å². The summed E-state index contributed by atoms with van der Waals surface area (Å²) in [4.78, 5) is 16.1. The minimum atomic E-state index is -0.345. The average molecular weight is 360 g/mol. The number of hydrogen-bond acceptors (Lipinski definition) is 3. The number of benzene rings is 2. The van der Waals surface area contributed by atoms with Gasteiger partial charge in [0.25, 0.3) is 0 Å². The molecule has 0 aliphatic heterocycles. The number of esters is 1. The lowest BCUT2D eigenvalue weighted by atomic mass is 10.1. The Bertz CT molecular complexity index is 991. The Labute approximate surface area is 160 Å². The summed E-state index contributed by atoms with van der Waals surface area (Å²) in [5.74, 6) is -0.345. The number of aliphatic imine (C=N–C) groups is 1. The molecule has 3 aromatic rings. The first-order valence-corrected chi connectivity index (χ1v) is 8.89. The Hall–Kier alpha value is -3.14. The quantitative estimate of drug-likeness (QED) is 0.471. The van der Waals surface area contributed by atoms with Gasteiger partial charge in [-0.05, 0) is 81.3 Å². The van der Waals surface area contributed by atoms with Crippen LogP contribution in [0.4, 0.5) is 5.69 Å². The van der Waals surface area contributed by atoms with Crippen molar-refractivity contribution in [2.24, 2.45) is 4.99 Å². The van der Waals surface area contributed by atoms with Gasteiger partial charge in [0, 0.05) is 28.9 Å².